The third kappa shape index (κ3) is 3.94. The fourth-order valence-corrected chi connectivity index (χ4v) is 3.65. The van der Waals surface area contributed by atoms with Gasteiger partial charge in [0, 0.05) is 25.8 Å². The normalized spacial score (nSPS) is 13.6. The van der Waals surface area contributed by atoms with Crippen LogP contribution in [-0.4, -0.2) is 52.8 Å². The average molecular weight is 392 g/mol. The Labute approximate surface area is 169 Å². The number of nitrogens with zero attached hydrogens (tertiary/aromatic N) is 3. The van der Waals surface area contributed by atoms with Gasteiger partial charge in [-0.05, 0) is 49.1 Å². The second-order valence-corrected chi connectivity index (χ2v) is 7.10. The molecule has 1 aromatic carbocycles. The van der Waals surface area contributed by atoms with Gasteiger partial charge in [0.05, 0.1) is 12.6 Å². The Morgan fingerprint density at radius 3 is 2.76 bits per heavy atom. The van der Waals surface area contributed by atoms with Gasteiger partial charge < -0.3 is 15.0 Å². The summed E-state index contributed by atoms with van der Waals surface area (Å²) in [5, 5.41) is 2.92. The molecule has 2 aromatic heterocycles. The number of likely N-dealkylation sites (tertiary alicyclic amines) is 1. The molecule has 1 aliphatic heterocycles. The highest BCUT2D eigenvalue weighted by molar-refractivity contribution is 6.02. The number of carbonyl (C=O) groups excluding carboxylic acids is 2. The third-order valence-electron chi connectivity index (χ3n) is 5.18. The highest BCUT2D eigenvalue weighted by Crippen LogP contribution is 2.18. The van der Waals surface area contributed by atoms with Gasteiger partial charge in [-0.3, -0.25) is 14.0 Å². The topological polar surface area (TPSA) is 75.9 Å². The van der Waals surface area contributed by atoms with E-state index in [2.05, 4.69) is 10.3 Å². The van der Waals surface area contributed by atoms with Gasteiger partial charge >= 0.3 is 0 Å². The first kappa shape index (κ1) is 19.0. The molecule has 0 saturated carbocycles. The van der Waals surface area contributed by atoms with Crippen LogP contribution in [0.5, 0.6) is 5.75 Å². The van der Waals surface area contributed by atoms with Gasteiger partial charge in [0.15, 0.2) is 5.69 Å². The van der Waals surface area contributed by atoms with Crippen molar-refractivity contribution in [3.8, 4) is 5.75 Å². The molecule has 7 nitrogen and oxygen atoms in total. The third-order valence-corrected chi connectivity index (χ3v) is 5.18. The highest BCUT2D eigenvalue weighted by atomic mass is 16.5. The first-order valence-corrected chi connectivity index (χ1v) is 9.85. The molecule has 0 radical (unpaired) electrons. The molecule has 7 heteroatoms. The van der Waals surface area contributed by atoms with Crippen LogP contribution in [0.4, 0.5) is 0 Å². The Bertz CT molecular complexity index is 1040. The van der Waals surface area contributed by atoms with Gasteiger partial charge in [0.25, 0.3) is 11.8 Å². The van der Waals surface area contributed by atoms with Crippen LogP contribution in [0.25, 0.3) is 5.52 Å². The van der Waals surface area contributed by atoms with Crippen LogP contribution >= 0.6 is 0 Å². The van der Waals surface area contributed by atoms with Crippen molar-refractivity contribution in [1.82, 2.24) is 19.6 Å². The molecular formula is C22H24N4O3. The summed E-state index contributed by atoms with van der Waals surface area (Å²) >= 11 is 0. The molecule has 0 spiro atoms. The summed E-state index contributed by atoms with van der Waals surface area (Å²) in [5.74, 6) is 0.677. The van der Waals surface area contributed by atoms with E-state index >= 15 is 0 Å². The molecule has 0 bridgehead atoms. The van der Waals surface area contributed by atoms with E-state index in [-0.39, 0.29) is 17.5 Å². The van der Waals surface area contributed by atoms with Crippen molar-refractivity contribution in [3.63, 3.8) is 0 Å². The Kier molecular flexibility index (Phi) is 5.46. The standard InChI is InChI=1S/C22H24N4O3/c1-29-17-8-6-7-16(15-17)10-11-23-21(27)19-18-9-2-3-14-26(18)20(24-19)22(28)25-12-4-5-13-25/h2-3,6-9,14-15H,4-5,10-13H2,1H3,(H,23,27). The summed E-state index contributed by atoms with van der Waals surface area (Å²) in [6.45, 7) is 1.94. The molecule has 1 saturated heterocycles. The van der Waals surface area contributed by atoms with Crippen molar-refractivity contribution >= 4 is 17.3 Å². The van der Waals surface area contributed by atoms with Crippen LogP contribution in [0.15, 0.2) is 48.7 Å². The molecule has 0 unspecified atom stereocenters. The van der Waals surface area contributed by atoms with Gasteiger partial charge in [-0.15, -0.1) is 0 Å². The smallest absolute Gasteiger partial charge is 0.290 e. The largest absolute Gasteiger partial charge is 0.497 e. The SMILES string of the molecule is COc1cccc(CCNC(=O)c2nc(C(=O)N3CCCC3)n3ccccc23)c1. The van der Waals surface area contributed by atoms with Crippen LogP contribution < -0.4 is 10.1 Å². The molecule has 1 aliphatic rings. The number of amides is 2. The van der Waals surface area contributed by atoms with E-state index in [1.54, 1.807) is 22.6 Å². The Morgan fingerprint density at radius 2 is 1.97 bits per heavy atom. The first-order valence-electron chi connectivity index (χ1n) is 9.85. The van der Waals surface area contributed by atoms with Crippen molar-refractivity contribution in [3.05, 3.63) is 65.7 Å². The molecule has 29 heavy (non-hydrogen) atoms. The maximum Gasteiger partial charge on any atom is 0.290 e. The lowest BCUT2D eigenvalue weighted by Crippen LogP contribution is -2.29. The number of benzene rings is 1. The lowest BCUT2D eigenvalue weighted by molar-refractivity contribution is 0.0780. The quantitative estimate of drug-likeness (QED) is 0.700. The predicted molar refractivity (Wildman–Crippen MR) is 109 cm³/mol. The van der Waals surface area contributed by atoms with Crippen LogP contribution in [0.3, 0.4) is 0 Å². The fourth-order valence-electron chi connectivity index (χ4n) is 3.65. The van der Waals surface area contributed by atoms with Gasteiger partial charge in [-0.2, -0.15) is 0 Å². The summed E-state index contributed by atoms with van der Waals surface area (Å²) in [7, 11) is 1.63. The zero-order chi connectivity index (χ0) is 20.2. The number of hydrogen-bond acceptors (Lipinski definition) is 4. The van der Waals surface area contributed by atoms with E-state index in [9.17, 15) is 9.59 Å². The minimum atomic E-state index is -0.280. The van der Waals surface area contributed by atoms with Crippen molar-refractivity contribution in [2.24, 2.45) is 0 Å². The van der Waals surface area contributed by atoms with Crippen molar-refractivity contribution in [2.45, 2.75) is 19.3 Å². The molecule has 0 atom stereocenters. The molecule has 1 N–H and O–H groups in total. The lowest BCUT2D eigenvalue weighted by Gasteiger charge is -2.13. The maximum absolute atomic E-state index is 12.9. The number of imidazole rings is 1. The van der Waals surface area contributed by atoms with E-state index in [1.165, 1.54) is 0 Å². The van der Waals surface area contributed by atoms with Crippen LogP contribution in [0.1, 0.15) is 39.5 Å². The first-order chi connectivity index (χ1) is 14.2. The predicted octanol–water partition coefficient (Wildman–Crippen LogP) is 2.55. The van der Waals surface area contributed by atoms with E-state index in [4.69, 9.17) is 4.74 Å². The van der Waals surface area contributed by atoms with Crippen molar-refractivity contribution in [1.29, 1.82) is 0 Å². The molecule has 0 aliphatic carbocycles. The van der Waals surface area contributed by atoms with Gasteiger partial charge in [-0.1, -0.05) is 18.2 Å². The molecule has 3 aromatic rings. The maximum atomic E-state index is 12.9. The number of pyridine rings is 1. The zero-order valence-electron chi connectivity index (χ0n) is 16.4. The number of methoxy groups -OCH3 is 1. The number of rotatable bonds is 6. The van der Waals surface area contributed by atoms with Crippen molar-refractivity contribution < 1.29 is 14.3 Å². The van der Waals surface area contributed by atoms with E-state index in [0.717, 1.165) is 37.2 Å². The van der Waals surface area contributed by atoms with E-state index < -0.39 is 0 Å². The van der Waals surface area contributed by atoms with E-state index in [1.807, 2.05) is 42.5 Å². The Hall–Kier alpha value is -3.35. The number of carbonyl (C=O) groups is 2. The van der Waals surface area contributed by atoms with E-state index in [0.29, 0.717) is 24.3 Å². The average Bonchev–Trinajstić information content (AvgIpc) is 3.42. The minimum absolute atomic E-state index is 0.126. The van der Waals surface area contributed by atoms with Gasteiger partial charge in [0.2, 0.25) is 5.82 Å². The summed E-state index contributed by atoms with van der Waals surface area (Å²) in [5.41, 5.74) is 1.98. The molecule has 150 valence electrons. The van der Waals surface area contributed by atoms with Crippen LogP contribution in [0.2, 0.25) is 0 Å². The Morgan fingerprint density at radius 1 is 1.14 bits per heavy atom. The zero-order valence-corrected chi connectivity index (χ0v) is 16.4. The molecule has 4 rings (SSSR count). The van der Waals surface area contributed by atoms with Gasteiger partial charge in [0.1, 0.15) is 5.75 Å². The number of hydrogen-bond donors (Lipinski definition) is 1. The number of ether oxygens (including phenoxy) is 1. The van der Waals surface area contributed by atoms with Crippen molar-refractivity contribution in [2.75, 3.05) is 26.7 Å². The van der Waals surface area contributed by atoms with Gasteiger partial charge in [-0.25, -0.2) is 4.98 Å². The highest BCUT2D eigenvalue weighted by Gasteiger charge is 2.26. The summed E-state index contributed by atoms with van der Waals surface area (Å²) in [6.07, 6.45) is 4.46. The molecule has 3 heterocycles. The van der Waals surface area contributed by atoms with Crippen LogP contribution in [0, 0.1) is 0 Å². The number of fused-ring (bicyclic) bond motifs is 1. The Balaban J connectivity index is 1.50. The fraction of sp³-hybridized carbons (Fsp3) is 0.318. The number of nitrogens with one attached hydrogen (secondary N) is 1. The second kappa shape index (κ2) is 8.34. The summed E-state index contributed by atoms with van der Waals surface area (Å²) < 4.78 is 6.94. The number of aromatic nitrogens is 2. The molecular weight excluding hydrogens is 368 g/mol. The monoisotopic (exact) mass is 392 g/mol. The lowest BCUT2D eigenvalue weighted by atomic mass is 10.1. The van der Waals surface area contributed by atoms with Crippen LogP contribution in [-0.2, 0) is 6.42 Å². The molecule has 2 amide bonds. The second-order valence-electron chi connectivity index (χ2n) is 7.10. The molecule has 1 fully saturated rings. The minimum Gasteiger partial charge on any atom is -0.497 e. The summed E-state index contributed by atoms with van der Waals surface area (Å²) in [6, 6.07) is 13.2. The summed E-state index contributed by atoms with van der Waals surface area (Å²) in [4.78, 5) is 31.9.